The molecule has 0 atom stereocenters. The second-order valence-electron chi connectivity index (χ2n) is 3.64. The summed E-state index contributed by atoms with van der Waals surface area (Å²) in [6, 6.07) is 5.44. The van der Waals surface area contributed by atoms with Gasteiger partial charge in [0.05, 0.1) is 12.2 Å². The minimum absolute atomic E-state index is 0.285. The zero-order chi connectivity index (χ0) is 11.8. The van der Waals surface area contributed by atoms with Gasteiger partial charge in [-0.1, -0.05) is 5.16 Å². The van der Waals surface area contributed by atoms with Crippen LogP contribution in [-0.2, 0) is 6.54 Å². The summed E-state index contributed by atoms with van der Waals surface area (Å²) >= 11 is 0. The summed E-state index contributed by atoms with van der Waals surface area (Å²) < 4.78 is 6.76. The second-order valence-corrected chi connectivity index (χ2v) is 3.64. The maximum absolute atomic E-state index is 5.55. The van der Waals surface area contributed by atoms with Crippen molar-refractivity contribution in [2.45, 2.75) is 13.5 Å². The van der Waals surface area contributed by atoms with E-state index < -0.39 is 0 Å². The molecule has 7 nitrogen and oxygen atoms in total. The molecule has 0 saturated carbocycles. The molecule has 17 heavy (non-hydrogen) atoms. The van der Waals surface area contributed by atoms with E-state index in [0.717, 1.165) is 5.69 Å². The van der Waals surface area contributed by atoms with Crippen LogP contribution < -0.4 is 5.73 Å². The van der Waals surface area contributed by atoms with Crippen LogP contribution in [0.15, 0.2) is 22.7 Å². The maximum atomic E-state index is 5.55. The first-order valence-corrected chi connectivity index (χ1v) is 5.13. The van der Waals surface area contributed by atoms with E-state index in [1.54, 1.807) is 4.52 Å². The Bertz CT molecular complexity index is 670. The number of aryl methyl sites for hydroxylation is 1. The van der Waals surface area contributed by atoms with Crippen LogP contribution in [-0.4, -0.2) is 25.0 Å². The van der Waals surface area contributed by atoms with E-state index in [9.17, 15) is 0 Å². The summed E-state index contributed by atoms with van der Waals surface area (Å²) in [7, 11) is 0. The lowest BCUT2D eigenvalue weighted by atomic mass is 10.3. The van der Waals surface area contributed by atoms with Gasteiger partial charge in [0.1, 0.15) is 5.69 Å². The van der Waals surface area contributed by atoms with Gasteiger partial charge < -0.3 is 10.3 Å². The Morgan fingerprint density at radius 3 is 2.94 bits per heavy atom. The Morgan fingerprint density at radius 1 is 1.35 bits per heavy atom. The van der Waals surface area contributed by atoms with Gasteiger partial charge in [0, 0.05) is 6.07 Å². The van der Waals surface area contributed by atoms with E-state index >= 15 is 0 Å². The summed E-state index contributed by atoms with van der Waals surface area (Å²) in [6.45, 7) is 2.14. The Balaban J connectivity index is 2.18. The Kier molecular flexibility index (Phi) is 2.12. The molecule has 0 aliphatic heterocycles. The van der Waals surface area contributed by atoms with E-state index in [4.69, 9.17) is 10.3 Å². The standard InChI is InChI=1S/C10H10N6O/c1-6-4-8(17-15-6)7-2-3-9-12-13-10(5-11)16(9)14-7/h2-4H,5,11H2,1H3. The van der Waals surface area contributed by atoms with Crippen molar-refractivity contribution in [1.29, 1.82) is 0 Å². The molecule has 7 heteroatoms. The van der Waals surface area contributed by atoms with E-state index in [1.807, 2.05) is 25.1 Å². The quantitative estimate of drug-likeness (QED) is 0.690. The molecule has 0 saturated heterocycles. The highest BCUT2D eigenvalue weighted by molar-refractivity contribution is 5.54. The molecule has 0 spiro atoms. The van der Waals surface area contributed by atoms with Gasteiger partial charge in [-0.3, -0.25) is 0 Å². The zero-order valence-corrected chi connectivity index (χ0v) is 9.16. The highest BCUT2D eigenvalue weighted by Gasteiger charge is 2.10. The van der Waals surface area contributed by atoms with Crippen molar-refractivity contribution in [2.75, 3.05) is 0 Å². The molecular weight excluding hydrogens is 220 g/mol. The third-order valence-corrected chi connectivity index (χ3v) is 2.39. The van der Waals surface area contributed by atoms with Crippen molar-refractivity contribution in [3.63, 3.8) is 0 Å². The molecule has 0 aromatic carbocycles. The first kappa shape index (κ1) is 9.91. The SMILES string of the molecule is Cc1cc(-c2ccc3nnc(CN)n3n2)on1. The molecule has 0 amide bonds. The molecule has 3 aromatic rings. The number of fused-ring (bicyclic) bond motifs is 1. The third-order valence-electron chi connectivity index (χ3n) is 2.39. The smallest absolute Gasteiger partial charge is 0.187 e. The molecule has 3 aromatic heterocycles. The van der Waals surface area contributed by atoms with Gasteiger partial charge in [0.2, 0.25) is 0 Å². The summed E-state index contributed by atoms with van der Waals surface area (Å²) in [6.07, 6.45) is 0. The monoisotopic (exact) mass is 230 g/mol. The van der Waals surface area contributed by atoms with E-state index in [-0.39, 0.29) is 6.54 Å². The topological polar surface area (TPSA) is 95.1 Å². The van der Waals surface area contributed by atoms with Gasteiger partial charge in [-0.15, -0.1) is 10.2 Å². The fourth-order valence-corrected chi connectivity index (χ4v) is 1.58. The number of hydrogen-bond acceptors (Lipinski definition) is 6. The molecular formula is C10H10N6O. The Morgan fingerprint density at radius 2 is 2.24 bits per heavy atom. The van der Waals surface area contributed by atoms with Gasteiger partial charge in [-0.05, 0) is 19.1 Å². The highest BCUT2D eigenvalue weighted by atomic mass is 16.5. The number of aromatic nitrogens is 5. The van der Waals surface area contributed by atoms with Crippen LogP contribution in [0.3, 0.4) is 0 Å². The Labute approximate surface area is 96.2 Å². The van der Waals surface area contributed by atoms with Crippen molar-refractivity contribution >= 4 is 5.65 Å². The van der Waals surface area contributed by atoms with E-state index in [2.05, 4.69) is 20.5 Å². The normalized spacial score (nSPS) is 11.2. The first-order chi connectivity index (χ1) is 8.28. The van der Waals surface area contributed by atoms with Gasteiger partial charge >= 0.3 is 0 Å². The number of hydrogen-bond donors (Lipinski definition) is 1. The van der Waals surface area contributed by atoms with Crippen molar-refractivity contribution in [2.24, 2.45) is 5.73 Å². The highest BCUT2D eigenvalue weighted by Crippen LogP contribution is 2.17. The molecule has 0 fully saturated rings. The molecule has 0 unspecified atom stereocenters. The van der Waals surface area contributed by atoms with Crippen LogP contribution in [0.4, 0.5) is 0 Å². The van der Waals surface area contributed by atoms with Crippen LogP contribution in [0.2, 0.25) is 0 Å². The molecule has 0 aliphatic carbocycles. The molecule has 2 N–H and O–H groups in total. The average Bonchev–Trinajstić information content (AvgIpc) is 2.94. The first-order valence-electron chi connectivity index (χ1n) is 5.13. The van der Waals surface area contributed by atoms with Gasteiger partial charge in [0.25, 0.3) is 0 Å². The van der Waals surface area contributed by atoms with Gasteiger partial charge in [-0.2, -0.15) is 9.61 Å². The number of rotatable bonds is 2. The minimum Gasteiger partial charge on any atom is -0.354 e. The largest absolute Gasteiger partial charge is 0.354 e. The molecule has 0 bridgehead atoms. The van der Waals surface area contributed by atoms with Crippen LogP contribution in [0.25, 0.3) is 17.1 Å². The number of nitrogens with zero attached hydrogens (tertiary/aromatic N) is 5. The summed E-state index contributed by atoms with van der Waals surface area (Å²) in [5.74, 6) is 1.22. The maximum Gasteiger partial charge on any atom is 0.187 e. The van der Waals surface area contributed by atoms with Crippen LogP contribution >= 0.6 is 0 Å². The zero-order valence-electron chi connectivity index (χ0n) is 9.16. The number of nitrogens with two attached hydrogens (primary N) is 1. The van der Waals surface area contributed by atoms with Crippen LogP contribution in [0, 0.1) is 6.92 Å². The predicted molar refractivity (Wildman–Crippen MR) is 58.9 cm³/mol. The van der Waals surface area contributed by atoms with Crippen LogP contribution in [0.5, 0.6) is 0 Å². The molecule has 0 radical (unpaired) electrons. The lowest BCUT2D eigenvalue weighted by Crippen LogP contribution is -2.05. The third kappa shape index (κ3) is 1.56. The van der Waals surface area contributed by atoms with Gasteiger partial charge in [-0.25, -0.2) is 0 Å². The van der Waals surface area contributed by atoms with Crippen molar-refractivity contribution in [3.05, 3.63) is 29.7 Å². The molecule has 3 heterocycles. The molecule has 0 aliphatic rings. The average molecular weight is 230 g/mol. The fourth-order valence-electron chi connectivity index (χ4n) is 1.58. The van der Waals surface area contributed by atoms with Crippen LogP contribution in [0.1, 0.15) is 11.5 Å². The van der Waals surface area contributed by atoms with Gasteiger partial charge in [0.15, 0.2) is 17.2 Å². The van der Waals surface area contributed by atoms with Crippen molar-refractivity contribution in [1.82, 2.24) is 25.0 Å². The predicted octanol–water partition coefficient (Wildman–Crippen LogP) is 0.546. The minimum atomic E-state index is 0.285. The van der Waals surface area contributed by atoms with E-state index in [1.165, 1.54) is 0 Å². The fraction of sp³-hybridized carbons (Fsp3) is 0.200. The second kappa shape index (κ2) is 3.63. The summed E-state index contributed by atoms with van der Waals surface area (Å²) in [5.41, 5.74) is 7.70. The molecule has 3 rings (SSSR count). The van der Waals surface area contributed by atoms with E-state index in [0.29, 0.717) is 22.9 Å². The Hall–Kier alpha value is -2.28. The lowest BCUT2D eigenvalue weighted by molar-refractivity contribution is 0.425. The lowest BCUT2D eigenvalue weighted by Gasteiger charge is -1.97. The molecule has 86 valence electrons. The summed E-state index contributed by atoms with van der Waals surface area (Å²) in [4.78, 5) is 0. The van der Waals surface area contributed by atoms with Crippen molar-refractivity contribution < 1.29 is 4.52 Å². The van der Waals surface area contributed by atoms with Crippen molar-refractivity contribution in [3.8, 4) is 11.5 Å². The summed E-state index contributed by atoms with van der Waals surface area (Å²) in [5, 5.41) is 16.1.